The molecule has 1 rings (SSSR count). The molecule has 4 nitrogen and oxygen atoms in total. The van der Waals surface area contributed by atoms with Gasteiger partial charge in [-0.25, -0.2) is 0 Å². The van der Waals surface area contributed by atoms with E-state index in [0.717, 1.165) is 0 Å². The molecule has 0 aliphatic carbocycles. The Balaban J connectivity index is 2.36. The number of carbonyl (C=O) groups excluding carboxylic acids is 1. The quantitative estimate of drug-likeness (QED) is 0.845. The zero-order valence-electron chi connectivity index (χ0n) is 9.95. The monoisotopic (exact) mass is 291 g/mol. The predicted molar refractivity (Wildman–Crippen MR) is 71.3 cm³/mol. The third kappa shape index (κ3) is 5.12. The standard InChI is InChI=1S/C12H15Cl2NO3/c1-2-8(16)6-15-12(17)7-18-9-3-4-10(13)11(14)5-9/h3-5,8,16H,2,6-7H2,1H3,(H,15,17). The van der Waals surface area contributed by atoms with Crippen LogP contribution in [0.2, 0.25) is 10.0 Å². The maximum atomic E-state index is 11.4. The van der Waals surface area contributed by atoms with Crippen molar-refractivity contribution in [1.29, 1.82) is 0 Å². The maximum absolute atomic E-state index is 11.4. The van der Waals surface area contributed by atoms with E-state index in [0.29, 0.717) is 22.2 Å². The van der Waals surface area contributed by atoms with Gasteiger partial charge in [-0.1, -0.05) is 30.1 Å². The Morgan fingerprint density at radius 3 is 2.78 bits per heavy atom. The predicted octanol–water partition coefficient (Wildman–Crippen LogP) is 2.26. The lowest BCUT2D eigenvalue weighted by atomic mass is 10.3. The van der Waals surface area contributed by atoms with Gasteiger partial charge in [0.1, 0.15) is 5.75 Å². The molecule has 0 saturated heterocycles. The summed E-state index contributed by atoms with van der Waals surface area (Å²) in [6, 6.07) is 4.76. The summed E-state index contributed by atoms with van der Waals surface area (Å²) in [5.74, 6) is 0.171. The van der Waals surface area contributed by atoms with Gasteiger partial charge in [0.2, 0.25) is 0 Å². The normalized spacial score (nSPS) is 12.0. The van der Waals surface area contributed by atoms with E-state index in [1.54, 1.807) is 12.1 Å². The zero-order valence-corrected chi connectivity index (χ0v) is 11.5. The molecule has 6 heteroatoms. The summed E-state index contributed by atoms with van der Waals surface area (Å²) >= 11 is 11.6. The van der Waals surface area contributed by atoms with Crippen LogP contribution in [0.3, 0.4) is 0 Å². The summed E-state index contributed by atoms with van der Waals surface area (Å²) < 4.78 is 5.23. The molecule has 0 radical (unpaired) electrons. The SMILES string of the molecule is CCC(O)CNC(=O)COc1ccc(Cl)c(Cl)c1. The van der Waals surface area contributed by atoms with Crippen LogP contribution in [0.25, 0.3) is 0 Å². The van der Waals surface area contributed by atoms with E-state index in [1.165, 1.54) is 6.07 Å². The molecule has 2 N–H and O–H groups in total. The van der Waals surface area contributed by atoms with Crippen molar-refractivity contribution in [2.24, 2.45) is 0 Å². The van der Waals surface area contributed by atoms with Crippen LogP contribution in [0.4, 0.5) is 0 Å². The minimum Gasteiger partial charge on any atom is -0.484 e. The van der Waals surface area contributed by atoms with Gasteiger partial charge in [0.15, 0.2) is 6.61 Å². The highest BCUT2D eigenvalue weighted by molar-refractivity contribution is 6.42. The summed E-state index contributed by atoms with van der Waals surface area (Å²) in [5, 5.41) is 12.6. The highest BCUT2D eigenvalue weighted by Crippen LogP contribution is 2.26. The van der Waals surface area contributed by atoms with Gasteiger partial charge >= 0.3 is 0 Å². The zero-order chi connectivity index (χ0) is 13.5. The lowest BCUT2D eigenvalue weighted by Crippen LogP contribution is -2.35. The molecule has 0 fully saturated rings. The fourth-order valence-electron chi connectivity index (χ4n) is 1.14. The van der Waals surface area contributed by atoms with Crippen LogP contribution in [0.5, 0.6) is 5.75 Å². The number of aliphatic hydroxyl groups is 1. The number of hydrogen-bond acceptors (Lipinski definition) is 3. The molecule has 0 bridgehead atoms. The molecule has 1 atom stereocenters. The average Bonchev–Trinajstić information content (AvgIpc) is 2.37. The minimum atomic E-state index is -0.529. The second-order valence-electron chi connectivity index (χ2n) is 3.73. The third-order valence-corrected chi connectivity index (χ3v) is 3.01. The number of benzene rings is 1. The first-order chi connectivity index (χ1) is 8.52. The molecule has 0 spiro atoms. The van der Waals surface area contributed by atoms with Crippen molar-refractivity contribution in [3.8, 4) is 5.75 Å². The molecular weight excluding hydrogens is 277 g/mol. The molecule has 0 aromatic heterocycles. The lowest BCUT2D eigenvalue weighted by molar-refractivity contribution is -0.123. The summed E-state index contributed by atoms with van der Waals surface area (Å²) in [4.78, 5) is 11.4. The van der Waals surface area contributed by atoms with Gasteiger partial charge in [0, 0.05) is 12.6 Å². The molecule has 1 aromatic rings. The van der Waals surface area contributed by atoms with Gasteiger partial charge in [-0.2, -0.15) is 0 Å². The number of nitrogens with one attached hydrogen (secondary N) is 1. The van der Waals surface area contributed by atoms with Gasteiger partial charge in [-0.05, 0) is 18.6 Å². The Bertz CT molecular complexity index is 412. The van der Waals surface area contributed by atoms with E-state index < -0.39 is 6.10 Å². The summed E-state index contributed by atoms with van der Waals surface area (Å²) in [7, 11) is 0. The Morgan fingerprint density at radius 1 is 1.44 bits per heavy atom. The molecule has 0 heterocycles. The molecular formula is C12H15Cl2NO3. The van der Waals surface area contributed by atoms with Gasteiger partial charge < -0.3 is 15.2 Å². The van der Waals surface area contributed by atoms with Gasteiger partial charge in [-0.15, -0.1) is 0 Å². The summed E-state index contributed by atoms with van der Waals surface area (Å²) in [6.45, 7) is 1.93. The fourth-order valence-corrected chi connectivity index (χ4v) is 1.43. The largest absolute Gasteiger partial charge is 0.484 e. The Labute approximate surface area is 116 Å². The number of ether oxygens (including phenoxy) is 1. The van der Waals surface area contributed by atoms with Crippen molar-refractivity contribution in [3.05, 3.63) is 28.2 Å². The smallest absolute Gasteiger partial charge is 0.258 e. The van der Waals surface area contributed by atoms with E-state index in [4.69, 9.17) is 27.9 Å². The molecule has 0 aliphatic heterocycles. The van der Waals surface area contributed by atoms with Crippen LogP contribution in [0.1, 0.15) is 13.3 Å². The topological polar surface area (TPSA) is 58.6 Å². The van der Waals surface area contributed by atoms with E-state index in [2.05, 4.69) is 5.32 Å². The van der Waals surface area contributed by atoms with E-state index in [1.807, 2.05) is 6.92 Å². The highest BCUT2D eigenvalue weighted by atomic mass is 35.5. The maximum Gasteiger partial charge on any atom is 0.258 e. The van der Waals surface area contributed by atoms with Crippen LogP contribution < -0.4 is 10.1 Å². The third-order valence-electron chi connectivity index (χ3n) is 2.27. The molecule has 18 heavy (non-hydrogen) atoms. The van der Waals surface area contributed by atoms with Crippen LogP contribution >= 0.6 is 23.2 Å². The molecule has 1 amide bonds. The first-order valence-corrected chi connectivity index (χ1v) is 6.31. The highest BCUT2D eigenvalue weighted by Gasteiger charge is 2.06. The number of carbonyl (C=O) groups is 1. The lowest BCUT2D eigenvalue weighted by Gasteiger charge is -2.10. The van der Waals surface area contributed by atoms with Crippen LogP contribution in [-0.4, -0.2) is 30.3 Å². The Kier molecular flexibility index (Phi) is 6.25. The van der Waals surface area contributed by atoms with Crippen LogP contribution in [0.15, 0.2) is 18.2 Å². The van der Waals surface area contributed by atoms with Gasteiger partial charge in [0.05, 0.1) is 16.1 Å². The second-order valence-corrected chi connectivity index (χ2v) is 4.55. The van der Waals surface area contributed by atoms with E-state index in [9.17, 15) is 9.90 Å². The molecule has 0 saturated carbocycles. The fraction of sp³-hybridized carbons (Fsp3) is 0.417. The Hall–Kier alpha value is -0.970. The number of amides is 1. The summed E-state index contributed by atoms with van der Waals surface area (Å²) in [6.07, 6.45) is 0.0624. The van der Waals surface area contributed by atoms with Crippen molar-refractivity contribution in [2.75, 3.05) is 13.2 Å². The first-order valence-electron chi connectivity index (χ1n) is 5.55. The van der Waals surface area contributed by atoms with Crippen molar-refractivity contribution in [2.45, 2.75) is 19.4 Å². The molecule has 1 aromatic carbocycles. The van der Waals surface area contributed by atoms with Crippen LogP contribution in [0, 0.1) is 0 Å². The second kappa shape index (κ2) is 7.46. The average molecular weight is 292 g/mol. The number of halogens is 2. The number of hydrogen-bond donors (Lipinski definition) is 2. The van der Waals surface area contributed by atoms with Crippen molar-refractivity contribution in [1.82, 2.24) is 5.32 Å². The molecule has 100 valence electrons. The van der Waals surface area contributed by atoms with Crippen molar-refractivity contribution >= 4 is 29.1 Å². The van der Waals surface area contributed by atoms with Crippen LogP contribution in [-0.2, 0) is 4.79 Å². The van der Waals surface area contributed by atoms with Gasteiger partial charge in [-0.3, -0.25) is 4.79 Å². The Morgan fingerprint density at radius 2 is 2.17 bits per heavy atom. The molecule has 0 aliphatic rings. The first kappa shape index (κ1) is 15.1. The van der Waals surface area contributed by atoms with Crippen molar-refractivity contribution in [3.63, 3.8) is 0 Å². The minimum absolute atomic E-state index is 0.131. The van der Waals surface area contributed by atoms with Crippen molar-refractivity contribution < 1.29 is 14.6 Å². The number of aliphatic hydroxyl groups excluding tert-OH is 1. The van der Waals surface area contributed by atoms with E-state index >= 15 is 0 Å². The van der Waals surface area contributed by atoms with Gasteiger partial charge in [0.25, 0.3) is 5.91 Å². The van der Waals surface area contributed by atoms with E-state index in [-0.39, 0.29) is 19.1 Å². The number of rotatable bonds is 6. The summed E-state index contributed by atoms with van der Waals surface area (Å²) in [5.41, 5.74) is 0. The molecule has 1 unspecified atom stereocenters.